The number of methoxy groups -OCH3 is 1. The molecule has 5 atom stereocenters. The minimum atomic E-state index is -3.22. The van der Waals surface area contributed by atoms with Crippen molar-refractivity contribution in [3.63, 3.8) is 0 Å². The Labute approximate surface area is 204 Å². The van der Waals surface area contributed by atoms with E-state index in [2.05, 4.69) is 38.6 Å². The summed E-state index contributed by atoms with van der Waals surface area (Å²) in [6, 6.07) is 0. The summed E-state index contributed by atoms with van der Waals surface area (Å²) in [6.45, 7) is 5.67. The summed E-state index contributed by atoms with van der Waals surface area (Å²) in [5.41, 5.74) is 1.50. The van der Waals surface area contributed by atoms with E-state index in [1.165, 1.54) is 39.6 Å². The molecule has 0 aromatic rings. The highest BCUT2D eigenvalue weighted by molar-refractivity contribution is 7.54. The number of unbranched alkanes of at least 4 members (excludes halogenated alkanes) is 1. The molecule has 0 aliphatic heterocycles. The number of ether oxygens (including phenoxy) is 1. The quantitative estimate of drug-likeness (QED) is 0.0965. The molecule has 2 saturated carbocycles. The fourth-order valence-corrected chi connectivity index (χ4v) is 5.88. The van der Waals surface area contributed by atoms with Gasteiger partial charge >= 0.3 is 13.6 Å². The fraction of sp³-hybridized carbons (Fsp3) is 0.731. The average molecular weight is 497 g/mol. The summed E-state index contributed by atoms with van der Waals surface area (Å²) >= 11 is 0. The predicted octanol–water partition coefficient (Wildman–Crippen LogP) is 5.23. The Kier molecular flexibility index (Phi) is 13.6. The number of aldehydes is 1. The monoisotopic (exact) mass is 496 g/mol. The first kappa shape index (κ1) is 30.3. The van der Waals surface area contributed by atoms with Gasteiger partial charge in [0, 0.05) is 38.9 Å². The van der Waals surface area contributed by atoms with Gasteiger partial charge in [0.1, 0.15) is 18.2 Å². The van der Waals surface area contributed by atoms with Crippen LogP contribution < -0.4 is 0 Å². The first-order valence-electron chi connectivity index (χ1n) is 12.0. The van der Waals surface area contributed by atoms with Gasteiger partial charge in [-0.3, -0.25) is 14.2 Å². The van der Waals surface area contributed by atoms with Gasteiger partial charge in [0.2, 0.25) is 0 Å². The minimum Gasteiger partial charge on any atom is -0.469 e. The Bertz CT molecular complexity index is 815. The SMILES string of the molecule is CC#CC[C@H](C)C(=O)CP(=O)(OC)OC.COC(=O)CCC/C=C1\CC2C[C@@H](C)[C@H](C=O)[C@H]2C1. The van der Waals surface area contributed by atoms with Gasteiger partial charge in [-0.2, -0.15) is 0 Å². The summed E-state index contributed by atoms with van der Waals surface area (Å²) in [5.74, 6) is 7.14. The lowest BCUT2D eigenvalue weighted by Crippen LogP contribution is -2.16. The van der Waals surface area contributed by atoms with Crippen molar-refractivity contribution in [3.8, 4) is 11.8 Å². The lowest BCUT2D eigenvalue weighted by atomic mass is 9.89. The van der Waals surface area contributed by atoms with Crippen LogP contribution in [-0.2, 0) is 32.7 Å². The van der Waals surface area contributed by atoms with E-state index in [1.54, 1.807) is 13.8 Å². The molecule has 0 heterocycles. The van der Waals surface area contributed by atoms with Gasteiger partial charge in [-0.25, -0.2) is 0 Å². The van der Waals surface area contributed by atoms with Gasteiger partial charge in [-0.1, -0.05) is 25.5 Å². The van der Waals surface area contributed by atoms with Gasteiger partial charge < -0.3 is 18.6 Å². The van der Waals surface area contributed by atoms with Crippen LogP contribution in [0.5, 0.6) is 0 Å². The molecule has 0 N–H and O–H groups in total. The molecule has 0 saturated heterocycles. The van der Waals surface area contributed by atoms with Crippen molar-refractivity contribution in [2.45, 2.75) is 65.7 Å². The van der Waals surface area contributed by atoms with Gasteiger partial charge in [0.05, 0.1) is 7.11 Å². The molecule has 1 unspecified atom stereocenters. The fourth-order valence-electron chi connectivity index (χ4n) is 4.78. The number of hydrogen-bond donors (Lipinski definition) is 0. The number of ketones is 1. The number of carbonyl (C=O) groups excluding carboxylic acids is 3. The molecular formula is C26H41O7P. The van der Waals surface area contributed by atoms with Crippen LogP contribution in [0.2, 0.25) is 0 Å². The smallest absolute Gasteiger partial charge is 0.337 e. The molecule has 0 amide bonds. The van der Waals surface area contributed by atoms with E-state index in [1.807, 2.05) is 0 Å². The highest BCUT2D eigenvalue weighted by atomic mass is 31.2. The normalized spacial score (nSPS) is 25.4. The number of rotatable bonds is 11. The second kappa shape index (κ2) is 15.3. The van der Waals surface area contributed by atoms with Gasteiger partial charge in [0.25, 0.3) is 0 Å². The van der Waals surface area contributed by atoms with Gasteiger partial charge in [-0.15, -0.1) is 11.8 Å². The Hall–Kier alpha value is -1.74. The second-order valence-electron chi connectivity index (χ2n) is 9.22. The molecule has 2 aliphatic rings. The van der Waals surface area contributed by atoms with Crippen LogP contribution >= 0.6 is 7.60 Å². The molecule has 0 radical (unpaired) electrons. The molecule has 0 bridgehead atoms. The minimum absolute atomic E-state index is 0.128. The van der Waals surface area contributed by atoms with Crippen molar-refractivity contribution in [3.05, 3.63) is 11.6 Å². The van der Waals surface area contributed by atoms with Crippen molar-refractivity contribution < 1.29 is 32.7 Å². The van der Waals surface area contributed by atoms with E-state index in [0.717, 1.165) is 31.6 Å². The maximum Gasteiger partial charge on any atom is 0.337 e. The Balaban J connectivity index is 0.000000352. The third kappa shape index (κ3) is 9.49. The number of allylic oxidation sites excluding steroid dienone is 2. The average Bonchev–Trinajstić information content (AvgIpc) is 3.35. The van der Waals surface area contributed by atoms with E-state index in [4.69, 9.17) is 0 Å². The molecule has 192 valence electrons. The largest absolute Gasteiger partial charge is 0.469 e. The van der Waals surface area contributed by atoms with Crippen molar-refractivity contribution in [2.24, 2.45) is 29.6 Å². The van der Waals surface area contributed by atoms with E-state index >= 15 is 0 Å². The van der Waals surface area contributed by atoms with Crippen LogP contribution in [0.4, 0.5) is 0 Å². The molecule has 2 aliphatic carbocycles. The zero-order chi connectivity index (χ0) is 25.7. The second-order valence-corrected chi connectivity index (χ2v) is 11.5. The molecule has 7 nitrogen and oxygen atoms in total. The topological polar surface area (TPSA) is 96.0 Å². The number of fused-ring (bicyclic) bond motifs is 1. The Morgan fingerprint density at radius 1 is 1.21 bits per heavy atom. The van der Waals surface area contributed by atoms with Crippen molar-refractivity contribution in [1.82, 2.24) is 0 Å². The maximum absolute atomic E-state index is 11.6. The molecule has 8 heteroatoms. The lowest BCUT2D eigenvalue weighted by molar-refractivity contribution is -0.140. The Morgan fingerprint density at radius 3 is 2.44 bits per heavy atom. The molecule has 0 aromatic carbocycles. The highest BCUT2D eigenvalue weighted by Gasteiger charge is 2.44. The van der Waals surface area contributed by atoms with Crippen LogP contribution in [0, 0.1) is 41.4 Å². The lowest BCUT2D eigenvalue weighted by Gasteiger charge is -2.14. The summed E-state index contributed by atoms with van der Waals surface area (Å²) in [4.78, 5) is 33.8. The molecule has 34 heavy (non-hydrogen) atoms. The molecule has 2 rings (SSSR count). The first-order valence-corrected chi connectivity index (χ1v) is 13.7. The van der Waals surface area contributed by atoms with Crippen LogP contribution in [-0.4, -0.2) is 45.5 Å². The third-order valence-corrected chi connectivity index (χ3v) is 8.71. The highest BCUT2D eigenvalue weighted by Crippen LogP contribution is 2.51. The number of Topliss-reactive ketones (excluding diaryl/α,β-unsaturated/α-hetero) is 1. The molecular weight excluding hydrogens is 455 g/mol. The standard InChI is InChI=1S/C16H24O3.C10H17O4P/c1-11-7-13-8-12(9-14(13)15(11)10-17)5-3-4-6-16(18)19-2;1-5-6-7-9(2)10(11)8-15(12,13-3)14-4/h5,10-11,13-15H,3-4,6-9H2,1-2H3;9H,7-8H2,1-4H3/b12-5+;/t11-,13?,14+,15+;9-/m10/s1. The first-order chi connectivity index (χ1) is 16.1. The van der Waals surface area contributed by atoms with Crippen LogP contribution in [0.25, 0.3) is 0 Å². The summed E-state index contributed by atoms with van der Waals surface area (Å²) in [6.07, 6.45) is 9.52. The van der Waals surface area contributed by atoms with Crippen LogP contribution in [0.1, 0.15) is 65.7 Å². The van der Waals surface area contributed by atoms with E-state index in [9.17, 15) is 18.9 Å². The van der Waals surface area contributed by atoms with Gasteiger partial charge in [-0.05, 0) is 56.8 Å². The van der Waals surface area contributed by atoms with Crippen LogP contribution in [0.15, 0.2) is 11.6 Å². The Morgan fingerprint density at radius 2 is 1.88 bits per heavy atom. The molecule has 0 spiro atoms. The zero-order valence-corrected chi connectivity index (χ0v) is 22.4. The van der Waals surface area contributed by atoms with E-state index < -0.39 is 7.60 Å². The van der Waals surface area contributed by atoms with Crippen molar-refractivity contribution in [2.75, 3.05) is 27.5 Å². The predicted molar refractivity (Wildman–Crippen MR) is 132 cm³/mol. The number of hydrogen-bond acceptors (Lipinski definition) is 7. The van der Waals surface area contributed by atoms with Crippen LogP contribution in [0.3, 0.4) is 0 Å². The number of carbonyl (C=O) groups is 3. The van der Waals surface area contributed by atoms with Gasteiger partial charge in [0.15, 0.2) is 0 Å². The van der Waals surface area contributed by atoms with E-state index in [0.29, 0.717) is 24.7 Å². The number of esters is 1. The maximum atomic E-state index is 11.6. The summed E-state index contributed by atoms with van der Waals surface area (Å²) in [7, 11) is 0.753. The zero-order valence-electron chi connectivity index (χ0n) is 21.5. The summed E-state index contributed by atoms with van der Waals surface area (Å²) in [5, 5.41) is 0. The van der Waals surface area contributed by atoms with E-state index in [-0.39, 0.29) is 29.8 Å². The third-order valence-electron chi connectivity index (χ3n) is 6.90. The molecule has 0 aromatic heterocycles. The van der Waals surface area contributed by atoms with Crippen molar-refractivity contribution in [1.29, 1.82) is 0 Å². The molecule has 2 fully saturated rings. The van der Waals surface area contributed by atoms with Crippen molar-refractivity contribution >= 4 is 25.6 Å². The summed E-state index contributed by atoms with van der Waals surface area (Å²) < 4.78 is 25.6.